The van der Waals surface area contributed by atoms with Crippen molar-refractivity contribution < 1.29 is 33.6 Å². The topological polar surface area (TPSA) is 97.8 Å². The number of Topliss-reactive ketones (excluding diaryl/α,β-unsaturated/α-hetero) is 1. The van der Waals surface area contributed by atoms with Crippen LogP contribution in [0.15, 0.2) is 48.0 Å². The van der Waals surface area contributed by atoms with Crippen molar-refractivity contribution in [3.05, 3.63) is 59.2 Å². The van der Waals surface area contributed by atoms with Crippen LogP contribution >= 0.6 is 0 Å². The largest absolute Gasteiger partial charge is 0.507 e. The summed E-state index contributed by atoms with van der Waals surface area (Å²) in [5.41, 5.74) is 1.15. The summed E-state index contributed by atoms with van der Waals surface area (Å²) in [4.78, 5) is 30.6. The van der Waals surface area contributed by atoms with Crippen molar-refractivity contribution in [1.29, 1.82) is 0 Å². The number of rotatable bonds is 12. The number of carbonyl (C=O) groups is 2. The van der Waals surface area contributed by atoms with E-state index in [1.807, 2.05) is 26.8 Å². The minimum atomic E-state index is -0.781. The number of aliphatic hydroxyl groups excluding tert-OH is 1. The summed E-state index contributed by atoms with van der Waals surface area (Å²) in [5.74, 6) is 0.205. The first-order chi connectivity index (χ1) is 19.0. The van der Waals surface area contributed by atoms with E-state index in [2.05, 4.69) is 4.90 Å². The van der Waals surface area contributed by atoms with Gasteiger partial charge >= 0.3 is 0 Å². The summed E-state index contributed by atoms with van der Waals surface area (Å²) in [6.45, 7) is 11.0. The van der Waals surface area contributed by atoms with E-state index in [0.717, 1.165) is 19.5 Å². The van der Waals surface area contributed by atoms with Gasteiger partial charge in [0.2, 0.25) is 0 Å². The molecule has 9 heteroatoms. The van der Waals surface area contributed by atoms with Crippen LogP contribution in [-0.4, -0.2) is 85.8 Å². The maximum absolute atomic E-state index is 13.4. The second-order valence-corrected chi connectivity index (χ2v) is 9.39. The summed E-state index contributed by atoms with van der Waals surface area (Å²) in [5, 5.41) is 11.4. The average molecular weight is 539 g/mol. The molecule has 4 rings (SSSR count). The van der Waals surface area contributed by atoms with Crippen molar-refractivity contribution in [2.45, 2.75) is 33.2 Å². The standard InChI is InChI=1S/C30H38N2O7/c1-4-17-39-23-10-7-21(8-11-23)28(33)26-27(22-9-12-24(37-5-2)25(20-22)38-6-3)32(30(35)29(26)34)14-13-31-15-18-36-19-16-31/h7-12,20,27,33H,4-6,13-19H2,1-3H3. The van der Waals surface area contributed by atoms with Gasteiger partial charge in [0.05, 0.1) is 44.6 Å². The fourth-order valence-corrected chi connectivity index (χ4v) is 4.85. The van der Waals surface area contributed by atoms with Crippen LogP contribution < -0.4 is 14.2 Å². The van der Waals surface area contributed by atoms with Gasteiger partial charge in [-0.15, -0.1) is 0 Å². The van der Waals surface area contributed by atoms with E-state index >= 15 is 0 Å². The molecule has 0 bridgehead atoms. The Hall–Kier alpha value is -3.56. The van der Waals surface area contributed by atoms with E-state index in [1.165, 1.54) is 0 Å². The Morgan fingerprint density at radius 2 is 1.62 bits per heavy atom. The van der Waals surface area contributed by atoms with Crippen molar-refractivity contribution in [3.8, 4) is 17.2 Å². The van der Waals surface area contributed by atoms with Crippen LogP contribution in [-0.2, 0) is 14.3 Å². The first-order valence-electron chi connectivity index (χ1n) is 13.7. The van der Waals surface area contributed by atoms with Crippen LogP contribution in [0, 0.1) is 0 Å². The number of hydrogen-bond donors (Lipinski definition) is 1. The summed E-state index contributed by atoms with van der Waals surface area (Å²) >= 11 is 0. The Morgan fingerprint density at radius 1 is 0.923 bits per heavy atom. The number of nitrogens with zero attached hydrogens (tertiary/aromatic N) is 2. The Bertz CT molecular complexity index is 1170. The van der Waals surface area contributed by atoms with E-state index < -0.39 is 17.7 Å². The molecule has 0 radical (unpaired) electrons. The molecule has 2 saturated heterocycles. The molecule has 2 aromatic rings. The quantitative estimate of drug-likeness (QED) is 0.246. The van der Waals surface area contributed by atoms with E-state index in [1.54, 1.807) is 41.3 Å². The van der Waals surface area contributed by atoms with Crippen molar-refractivity contribution >= 4 is 17.4 Å². The third kappa shape index (κ3) is 6.54. The highest BCUT2D eigenvalue weighted by molar-refractivity contribution is 6.46. The number of aliphatic hydroxyl groups is 1. The summed E-state index contributed by atoms with van der Waals surface area (Å²) in [6, 6.07) is 11.5. The molecule has 39 heavy (non-hydrogen) atoms. The second kappa shape index (κ2) is 13.5. The fourth-order valence-electron chi connectivity index (χ4n) is 4.85. The second-order valence-electron chi connectivity index (χ2n) is 9.39. The molecule has 210 valence electrons. The van der Waals surface area contributed by atoms with Crippen molar-refractivity contribution in [2.75, 3.05) is 59.2 Å². The lowest BCUT2D eigenvalue weighted by molar-refractivity contribution is -0.140. The minimum Gasteiger partial charge on any atom is -0.507 e. The predicted octanol–water partition coefficient (Wildman–Crippen LogP) is 4.03. The summed E-state index contributed by atoms with van der Waals surface area (Å²) in [7, 11) is 0. The third-order valence-corrected chi connectivity index (χ3v) is 6.78. The molecule has 1 N–H and O–H groups in total. The van der Waals surface area contributed by atoms with Crippen LogP contribution in [0.25, 0.3) is 5.76 Å². The molecule has 0 spiro atoms. The molecule has 0 aromatic heterocycles. The Balaban J connectivity index is 1.74. The van der Waals surface area contributed by atoms with Gasteiger partial charge in [-0.05, 0) is 62.2 Å². The lowest BCUT2D eigenvalue weighted by Crippen LogP contribution is -2.42. The number of carbonyl (C=O) groups excluding carboxylic acids is 2. The number of ketones is 1. The highest BCUT2D eigenvalue weighted by Crippen LogP contribution is 2.42. The van der Waals surface area contributed by atoms with Crippen LogP contribution in [0.3, 0.4) is 0 Å². The molecule has 1 unspecified atom stereocenters. The number of morpholine rings is 1. The Morgan fingerprint density at radius 3 is 2.28 bits per heavy atom. The van der Waals surface area contributed by atoms with Gasteiger partial charge in [-0.3, -0.25) is 14.5 Å². The summed E-state index contributed by atoms with van der Waals surface area (Å²) < 4.78 is 22.6. The maximum Gasteiger partial charge on any atom is 0.295 e. The first-order valence-corrected chi connectivity index (χ1v) is 13.7. The lowest BCUT2D eigenvalue weighted by atomic mass is 9.95. The van der Waals surface area contributed by atoms with Gasteiger partial charge < -0.3 is 29.0 Å². The molecule has 0 saturated carbocycles. The van der Waals surface area contributed by atoms with Crippen molar-refractivity contribution in [3.63, 3.8) is 0 Å². The molecule has 2 aromatic carbocycles. The predicted molar refractivity (Wildman–Crippen MR) is 147 cm³/mol. The molecule has 2 aliphatic rings. The number of benzene rings is 2. The van der Waals surface area contributed by atoms with Crippen molar-refractivity contribution in [1.82, 2.24) is 9.80 Å². The summed E-state index contributed by atoms with van der Waals surface area (Å²) in [6.07, 6.45) is 0.876. The number of hydrogen-bond acceptors (Lipinski definition) is 8. The minimum absolute atomic E-state index is 0.0517. The average Bonchev–Trinajstić information content (AvgIpc) is 3.21. The smallest absolute Gasteiger partial charge is 0.295 e. The normalized spacial score (nSPS) is 19.4. The Labute approximate surface area is 229 Å². The van der Waals surface area contributed by atoms with Crippen LogP contribution in [0.5, 0.6) is 17.2 Å². The van der Waals surface area contributed by atoms with Crippen LogP contribution in [0.4, 0.5) is 0 Å². The van der Waals surface area contributed by atoms with E-state index in [4.69, 9.17) is 18.9 Å². The highest BCUT2D eigenvalue weighted by Gasteiger charge is 2.46. The van der Waals surface area contributed by atoms with E-state index in [9.17, 15) is 14.7 Å². The molecule has 2 aliphatic heterocycles. The van der Waals surface area contributed by atoms with Gasteiger partial charge in [0, 0.05) is 31.7 Å². The van der Waals surface area contributed by atoms with E-state index in [-0.39, 0.29) is 11.3 Å². The van der Waals surface area contributed by atoms with Gasteiger partial charge in [-0.1, -0.05) is 13.0 Å². The molecular weight excluding hydrogens is 500 g/mol. The number of amides is 1. The zero-order chi connectivity index (χ0) is 27.8. The van der Waals surface area contributed by atoms with Gasteiger partial charge in [0.25, 0.3) is 11.7 Å². The number of likely N-dealkylation sites (tertiary alicyclic amines) is 1. The van der Waals surface area contributed by atoms with Gasteiger partial charge in [0.15, 0.2) is 11.5 Å². The first kappa shape index (κ1) is 28.4. The fraction of sp³-hybridized carbons (Fsp3) is 0.467. The molecule has 1 amide bonds. The lowest BCUT2D eigenvalue weighted by Gasteiger charge is -2.31. The molecule has 1 atom stereocenters. The van der Waals surface area contributed by atoms with Crippen LogP contribution in [0.2, 0.25) is 0 Å². The Kier molecular flexibility index (Phi) is 9.84. The van der Waals surface area contributed by atoms with Gasteiger partial charge in [-0.25, -0.2) is 0 Å². The number of ether oxygens (including phenoxy) is 4. The van der Waals surface area contributed by atoms with Crippen molar-refractivity contribution in [2.24, 2.45) is 0 Å². The SMILES string of the molecule is CCCOc1ccc(C(O)=C2C(=O)C(=O)N(CCN3CCOCC3)C2c2ccc(OCC)c(OCC)c2)cc1. The van der Waals surface area contributed by atoms with Gasteiger partial charge in [0.1, 0.15) is 11.5 Å². The molecule has 2 fully saturated rings. The maximum atomic E-state index is 13.4. The third-order valence-electron chi connectivity index (χ3n) is 6.78. The molecule has 2 heterocycles. The molecular formula is C30H38N2O7. The zero-order valence-corrected chi connectivity index (χ0v) is 23.0. The van der Waals surface area contributed by atoms with E-state index in [0.29, 0.717) is 74.5 Å². The molecule has 9 nitrogen and oxygen atoms in total. The molecule has 0 aliphatic carbocycles. The van der Waals surface area contributed by atoms with Gasteiger partial charge in [-0.2, -0.15) is 0 Å². The zero-order valence-electron chi connectivity index (χ0n) is 23.0. The van der Waals surface area contributed by atoms with Crippen LogP contribution in [0.1, 0.15) is 44.4 Å². The highest BCUT2D eigenvalue weighted by atomic mass is 16.5. The monoisotopic (exact) mass is 538 g/mol.